The Morgan fingerprint density at radius 3 is 1.59 bits per heavy atom. The summed E-state index contributed by atoms with van der Waals surface area (Å²) in [6.07, 6.45) is 16.3. The Labute approximate surface area is 260 Å². The number of allylic oxidation sites excluding steroid dienone is 6. The Hall–Kier alpha value is -5.34. The van der Waals surface area contributed by atoms with Crippen LogP contribution < -0.4 is 9.80 Å². The second-order valence-corrected chi connectivity index (χ2v) is 11.9. The lowest BCUT2D eigenvalue weighted by Gasteiger charge is -2.40. The number of aryl methyl sites for hydroxylation is 2. The maximum Gasteiger partial charge on any atom is 0.0558 e. The third-order valence-electron chi connectivity index (χ3n) is 9.23. The second-order valence-electron chi connectivity index (χ2n) is 11.9. The van der Waals surface area contributed by atoms with E-state index in [0.717, 1.165) is 11.4 Å². The van der Waals surface area contributed by atoms with Crippen molar-refractivity contribution in [2.75, 3.05) is 9.80 Å². The zero-order chi connectivity index (χ0) is 29.6. The molecule has 3 aliphatic rings. The number of nitrogens with zero attached hydrogens (tertiary/aromatic N) is 2. The first-order valence-corrected chi connectivity index (χ1v) is 15.5. The molecule has 2 atom stereocenters. The molecule has 0 heterocycles. The van der Waals surface area contributed by atoms with E-state index >= 15 is 0 Å². The summed E-state index contributed by atoms with van der Waals surface area (Å²) in [5.41, 5.74) is 14.9. The number of hydrogen-bond donors (Lipinski definition) is 0. The summed E-state index contributed by atoms with van der Waals surface area (Å²) in [7, 11) is 0. The number of benzene rings is 5. The molecule has 5 aromatic rings. The molecule has 0 bridgehead atoms. The van der Waals surface area contributed by atoms with Gasteiger partial charge < -0.3 is 9.80 Å². The van der Waals surface area contributed by atoms with Crippen LogP contribution in [0, 0.1) is 19.8 Å². The van der Waals surface area contributed by atoms with Crippen molar-refractivity contribution in [3.8, 4) is 0 Å². The Balaban J connectivity index is 1.49. The average Bonchev–Trinajstić information content (AvgIpc) is 3.07. The van der Waals surface area contributed by atoms with E-state index < -0.39 is 0 Å². The van der Waals surface area contributed by atoms with Crippen molar-refractivity contribution in [2.24, 2.45) is 5.92 Å². The molecule has 3 aliphatic carbocycles. The Bertz CT molecular complexity index is 2000. The van der Waals surface area contributed by atoms with Crippen LogP contribution in [0.1, 0.15) is 33.7 Å². The Morgan fingerprint density at radius 1 is 0.500 bits per heavy atom. The zero-order valence-electron chi connectivity index (χ0n) is 25.1. The SMILES string of the molecule is Cc1ccccc1N(c1ccccc1)c1cc(N(c2ccccc2)c2ccccc2C)c2c3c1C=CC1=CC=CC(C=C2)C13. The second kappa shape index (κ2) is 10.7. The summed E-state index contributed by atoms with van der Waals surface area (Å²) < 4.78 is 0. The van der Waals surface area contributed by atoms with E-state index in [1.165, 1.54) is 56.1 Å². The molecule has 44 heavy (non-hydrogen) atoms. The monoisotopic (exact) mass is 566 g/mol. The predicted octanol–water partition coefficient (Wildman–Crippen LogP) is 11.5. The highest BCUT2D eigenvalue weighted by Crippen LogP contribution is 2.55. The van der Waals surface area contributed by atoms with E-state index in [4.69, 9.17) is 0 Å². The predicted molar refractivity (Wildman–Crippen MR) is 187 cm³/mol. The van der Waals surface area contributed by atoms with Crippen LogP contribution in [-0.4, -0.2) is 0 Å². The molecule has 212 valence electrons. The standard InChI is InChI=1S/C42H34N2/c1-29-14-9-11-22-37(29)43(33-18-5-3-6-19-33)39-28-40(44(34-20-7-4-8-21-34)38-23-12-10-15-30(38)2)36-27-25-32-17-13-16-31-24-26-35(39)42(36)41(31)32/h3-28,31,41H,1-2H3. The summed E-state index contributed by atoms with van der Waals surface area (Å²) in [6.45, 7) is 4.42. The van der Waals surface area contributed by atoms with Gasteiger partial charge in [-0.05, 0) is 78.6 Å². The largest absolute Gasteiger partial charge is 0.310 e. The van der Waals surface area contributed by atoms with Crippen LogP contribution in [0.5, 0.6) is 0 Å². The molecule has 0 N–H and O–H groups in total. The molecular weight excluding hydrogens is 532 g/mol. The van der Waals surface area contributed by atoms with Gasteiger partial charge in [0.1, 0.15) is 0 Å². The Morgan fingerprint density at radius 2 is 1.02 bits per heavy atom. The molecule has 0 saturated heterocycles. The number of hydrogen-bond acceptors (Lipinski definition) is 2. The van der Waals surface area contributed by atoms with Crippen LogP contribution in [0.25, 0.3) is 12.2 Å². The fourth-order valence-electron chi connectivity index (χ4n) is 7.17. The molecule has 0 aromatic heterocycles. The third kappa shape index (κ3) is 4.26. The van der Waals surface area contributed by atoms with Crippen LogP contribution >= 0.6 is 0 Å². The smallest absolute Gasteiger partial charge is 0.0558 e. The Kier molecular flexibility index (Phi) is 6.42. The maximum absolute atomic E-state index is 2.46. The van der Waals surface area contributed by atoms with Gasteiger partial charge in [-0.1, -0.05) is 115 Å². The molecule has 0 fully saturated rings. The minimum atomic E-state index is 0.280. The van der Waals surface area contributed by atoms with E-state index in [1.54, 1.807) is 0 Å². The molecule has 2 nitrogen and oxygen atoms in total. The molecule has 2 heteroatoms. The normalized spacial score (nSPS) is 17.2. The summed E-state index contributed by atoms with van der Waals surface area (Å²) in [5, 5.41) is 0. The fraction of sp³-hybridized carbons (Fsp3) is 0.0952. The lowest BCUT2D eigenvalue weighted by atomic mass is 9.68. The lowest BCUT2D eigenvalue weighted by molar-refractivity contribution is 0.664. The highest BCUT2D eigenvalue weighted by molar-refractivity contribution is 5.96. The van der Waals surface area contributed by atoms with Crippen molar-refractivity contribution in [2.45, 2.75) is 19.8 Å². The summed E-state index contributed by atoms with van der Waals surface area (Å²) >= 11 is 0. The van der Waals surface area contributed by atoms with Crippen molar-refractivity contribution in [1.29, 1.82) is 0 Å². The molecule has 8 rings (SSSR count). The van der Waals surface area contributed by atoms with Crippen LogP contribution in [0.15, 0.2) is 151 Å². The topological polar surface area (TPSA) is 6.48 Å². The molecule has 0 radical (unpaired) electrons. The van der Waals surface area contributed by atoms with Gasteiger partial charge in [-0.3, -0.25) is 0 Å². The van der Waals surface area contributed by atoms with Crippen molar-refractivity contribution < 1.29 is 0 Å². The minimum Gasteiger partial charge on any atom is -0.310 e. The van der Waals surface area contributed by atoms with Crippen molar-refractivity contribution in [1.82, 2.24) is 0 Å². The molecule has 0 saturated carbocycles. The summed E-state index contributed by atoms with van der Waals surface area (Å²) in [5.74, 6) is 0.615. The van der Waals surface area contributed by atoms with Crippen molar-refractivity contribution in [3.63, 3.8) is 0 Å². The van der Waals surface area contributed by atoms with Gasteiger partial charge in [0, 0.05) is 45.7 Å². The highest BCUT2D eigenvalue weighted by Gasteiger charge is 2.37. The summed E-state index contributed by atoms with van der Waals surface area (Å²) in [4.78, 5) is 4.92. The third-order valence-corrected chi connectivity index (χ3v) is 9.23. The lowest BCUT2D eigenvalue weighted by Crippen LogP contribution is -2.25. The van der Waals surface area contributed by atoms with Gasteiger partial charge in [-0.2, -0.15) is 0 Å². The van der Waals surface area contributed by atoms with Gasteiger partial charge in [0.25, 0.3) is 0 Å². The summed E-state index contributed by atoms with van der Waals surface area (Å²) in [6, 6.07) is 41.5. The van der Waals surface area contributed by atoms with Crippen LogP contribution in [0.3, 0.4) is 0 Å². The van der Waals surface area contributed by atoms with Gasteiger partial charge in [0.05, 0.1) is 11.4 Å². The van der Waals surface area contributed by atoms with Gasteiger partial charge in [-0.15, -0.1) is 0 Å². The van der Waals surface area contributed by atoms with Crippen LogP contribution in [-0.2, 0) is 0 Å². The molecule has 0 aliphatic heterocycles. The van der Waals surface area contributed by atoms with Gasteiger partial charge in [-0.25, -0.2) is 0 Å². The first-order valence-electron chi connectivity index (χ1n) is 15.5. The van der Waals surface area contributed by atoms with Crippen LogP contribution in [0.2, 0.25) is 0 Å². The van der Waals surface area contributed by atoms with Crippen molar-refractivity contribution >= 4 is 46.3 Å². The number of rotatable bonds is 6. The minimum absolute atomic E-state index is 0.280. The molecule has 0 spiro atoms. The fourth-order valence-corrected chi connectivity index (χ4v) is 7.17. The maximum atomic E-state index is 2.46. The highest BCUT2D eigenvalue weighted by atomic mass is 15.2. The van der Waals surface area contributed by atoms with E-state index in [0.29, 0.717) is 5.92 Å². The van der Waals surface area contributed by atoms with Crippen molar-refractivity contribution in [3.05, 3.63) is 179 Å². The van der Waals surface area contributed by atoms with Gasteiger partial charge in [0.2, 0.25) is 0 Å². The molecule has 2 unspecified atom stereocenters. The first kappa shape index (κ1) is 26.3. The quantitative estimate of drug-likeness (QED) is 0.202. The van der Waals surface area contributed by atoms with E-state index in [1.807, 2.05) is 0 Å². The van der Waals surface area contributed by atoms with E-state index in [-0.39, 0.29) is 5.92 Å². The number of para-hydroxylation sites is 4. The van der Waals surface area contributed by atoms with E-state index in [2.05, 4.69) is 181 Å². The molecule has 5 aromatic carbocycles. The molecular formula is C42H34N2. The number of anilines is 6. The zero-order valence-corrected chi connectivity index (χ0v) is 25.1. The first-order chi connectivity index (χ1) is 21.7. The van der Waals surface area contributed by atoms with Gasteiger partial charge in [0.15, 0.2) is 0 Å². The van der Waals surface area contributed by atoms with Gasteiger partial charge >= 0.3 is 0 Å². The average molecular weight is 567 g/mol. The molecule has 0 amide bonds. The van der Waals surface area contributed by atoms with Crippen LogP contribution in [0.4, 0.5) is 34.1 Å². The van der Waals surface area contributed by atoms with E-state index in [9.17, 15) is 0 Å².